The molecule has 1 saturated heterocycles. The average Bonchev–Trinajstić information content (AvgIpc) is 3.13. The van der Waals surface area contributed by atoms with Gasteiger partial charge in [0.2, 0.25) is 0 Å². The lowest BCUT2D eigenvalue weighted by Crippen LogP contribution is -2.45. The minimum absolute atomic E-state index is 0.110. The number of hydrogen-bond acceptors (Lipinski definition) is 6. The van der Waals surface area contributed by atoms with Crippen LogP contribution in [0.4, 0.5) is 0 Å². The third kappa shape index (κ3) is 6.87. The molecule has 1 unspecified atom stereocenters. The second-order valence-electron chi connectivity index (χ2n) is 6.82. The van der Waals surface area contributed by atoms with Crippen molar-refractivity contribution >= 4 is 15.8 Å². The number of likely N-dealkylation sites (tertiary alicyclic amines) is 1. The second-order valence-corrected chi connectivity index (χ2v) is 9.29. The van der Waals surface area contributed by atoms with Crippen molar-refractivity contribution in [3.8, 4) is 11.5 Å². The van der Waals surface area contributed by atoms with Crippen molar-refractivity contribution in [1.82, 2.24) is 15.5 Å². The van der Waals surface area contributed by atoms with Crippen molar-refractivity contribution in [1.29, 1.82) is 0 Å². The number of sulfone groups is 1. The van der Waals surface area contributed by atoms with Gasteiger partial charge in [0.25, 0.3) is 0 Å². The molecule has 0 aromatic heterocycles. The van der Waals surface area contributed by atoms with Crippen LogP contribution >= 0.6 is 0 Å². The van der Waals surface area contributed by atoms with Gasteiger partial charge in [-0.05, 0) is 24.1 Å². The summed E-state index contributed by atoms with van der Waals surface area (Å²) in [5.74, 6) is 2.48. The molecule has 1 aromatic rings. The number of hydrogen-bond donors (Lipinski definition) is 2. The van der Waals surface area contributed by atoms with Crippen LogP contribution in [0.25, 0.3) is 0 Å². The van der Waals surface area contributed by atoms with Crippen LogP contribution in [-0.2, 0) is 16.4 Å². The molecule has 2 rings (SSSR count). The Kier molecular flexibility index (Phi) is 8.37. The number of nitrogens with one attached hydrogen (secondary N) is 2. The van der Waals surface area contributed by atoms with Gasteiger partial charge in [0.05, 0.1) is 20.0 Å². The molecular weight excluding hydrogens is 380 g/mol. The molecule has 28 heavy (non-hydrogen) atoms. The van der Waals surface area contributed by atoms with E-state index in [1.54, 1.807) is 28.2 Å². The monoisotopic (exact) mass is 412 g/mol. The van der Waals surface area contributed by atoms with Gasteiger partial charge in [-0.1, -0.05) is 6.92 Å². The van der Waals surface area contributed by atoms with E-state index in [0.717, 1.165) is 43.1 Å². The van der Waals surface area contributed by atoms with Crippen molar-refractivity contribution in [2.45, 2.75) is 25.9 Å². The molecule has 1 aliphatic heterocycles. The first-order valence-corrected chi connectivity index (χ1v) is 11.3. The minimum atomic E-state index is -2.98. The van der Waals surface area contributed by atoms with Crippen LogP contribution < -0.4 is 20.1 Å². The van der Waals surface area contributed by atoms with Gasteiger partial charge in [-0.3, -0.25) is 9.89 Å². The Hall–Kier alpha value is -2.00. The summed E-state index contributed by atoms with van der Waals surface area (Å²) in [6, 6.07) is 6.18. The summed E-state index contributed by atoms with van der Waals surface area (Å²) in [5.41, 5.74) is 1.14. The number of methoxy groups -OCH3 is 2. The molecule has 0 spiro atoms. The van der Waals surface area contributed by atoms with E-state index < -0.39 is 9.84 Å². The largest absolute Gasteiger partial charge is 0.497 e. The van der Waals surface area contributed by atoms with Gasteiger partial charge >= 0.3 is 0 Å². The summed E-state index contributed by atoms with van der Waals surface area (Å²) < 4.78 is 33.9. The highest BCUT2D eigenvalue weighted by atomic mass is 32.2. The van der Waals surface area contributed by atoms with Crippen LogP contribution in [0.15, 0.2) is 23.2 Å². The van der Waals surface area contributed by atoms with Gasteiger partial charge in [-0.15, -0.1) is 0 Å². The Morgan fingerprint density at radius 2 is 1.93 bits per heavy atom. The number of nitrogens with zero attached hydrogens (tertiary/aromatic N) is 2. The Labute approximate surface area is 168 Å². The molecule has 1 aromatic carbocycles. The van der Waals surface area contributed by atoms with Crippen LogP contribution in [0.2, 0.25) is 0 Å². The van der Waals surface area contributed by atoms with E-state index in [9.17, 15) is 8.42 Å². The van der Waals surface area contributed by atoms with Crippen LogP contribution in [0.1, 0.15) is 18.9 Å². The zero-order valence-corrected chi connectivity index (χ0v) is 18.0. The first-order valence-electron chi connectivity index (χ1n) is 9.51. The lowest BCUT2D eigenvalue weighted by atomic mass is 10.2. The van der Waals surface area contributed by atoms with Crippen molar-refractivity contribution in [3.63, 3.8) is 0 Å². The molecule has 158 valence electrons. The first-order chi connectivity index (χ1) is 13.4. The third-order valence-corrected chi connectivity index (χ3v) is 6.51. The molecule has 0 amide bonds. The quantitative estimate of drug-likeness (QED) is 0.459. The average molecular weight is 413 g/mol. The van der Waals surface area contributed by atoms with Gasteiger partial charge in [-0.2, -0.15) is 0 Å². The van der Waals surface area contributed by atoms with E-state index >= 15 is 0 Å². The summed E-state index contributed by atoms with van der Waals surface area (Å²) in [4.78, 5) is 6.56. The maximum absolute atomic E-state index is 11.6. The standard InChI is InChI=1S/C19H32N4O4S/c1-5-28(24,25)9-7-21-19(20-2)22-16-6-8-23(14-16)13-15-10-17(26-3)12-18(11-15)27-4/h10-12,16H,5-9,13-14H2,1-4H3,(H2,20,21,22). The Morgan fingerprint density at radius 3 is 2.50 bits per heavy atom. The van der Waals surface area contributed by atoms with Crippen molar-refractivity contribution in [2.24, 2.45) is 4.99 Å². The van der Waals surface area contributed by atoms with Crippen LogP contribution in [0, 0.1) is 0 Å². The fourth-order valence-corrected chi connectivity index (χ4v) is 3.87. The predicted octanol–water partition coefficient (Wildman–Crippen LogP) is 0.878. The molecule has 9 heteroatoms. The first kappa shape index (κ1) is 22.3. The van der Waals surface area contributed by atoms with E-state index in [1.807, 2.05) is 18.2 Å². The molecule has 2 N–H and O–H groups in total. The summed E-state index contributed by atoms with van der Waals surface area (Å²) in [7, 11) is 2.02. The molecule has 1 fully saturated rings. The van der Waals surface area contributed by atoms with Gasteiger partial charge in [0.15, 0.2) is 15.8 Å². The third-order valence-electron chi connectivity index (χ3n) is 4.80. The fraction of sp³-hybridized carbons (Fsp3) is 0.632. The lowest BCUT2D eigenvalue weighted by molar-refractivity contribution is 0.321. The molecule has 0 aliphatic carbocycles. The minimum Gasteiger partial charge on any atom is -0.497 e. The van der Waals surface area contributed by atoms with E-state index in [0.29, 0.717) is 12.5 Å². The molecule has 1 atom stereocenters. The van der Waals surface area contributed by atoms with E-state index in [4.69, 9.17) is 9.47 Å². The highest BCUT2D eigenvalue weighted by Gasteiger charge is 2.23. The number of guanidine groups is 1. The number of ether oxygens (including phenoxy) is 2. The van der Waals surface area contributed by atoms with Gasteiger partial charge < -0.3 is 20.1 Å². The van der Waals surface area contributed by atoms with E-state index in [2.05, 4.69) is 20.5 Å². The maximum Gasteiger partial charge on any atom is 0.191 e. The molecule has 1 aliphatic rings. The molecule has 0 radical (unpaired) electrons. The number of rotatable bonds is 9. The maximum atomic E-state index is 11.6. The molecule has 1 heterocycles. The second kappa shape index (κ2) is 10.5. The number of benzene rings is 1. The van der Waals surface area contributed by atoms with E-state index in [-0.39, 0.29) is 17.5 Å². The molecule has 8 nitrogen and oxygen atoms in total. The van der Waals surface area contributed by atoms with Crippen molar-refractivity contribution in [2.75, 3.05) is 52.4 Å². The summed E-state index contributed by atoms with van der Waals surface area (Å²) in [5, 5.41) is 6.47. The zero-order valence-electron chi connectivity index (χ0n) is 17.2. The summed E-state index contributed by atoms with van der Waals surface area (Å²) in [6.45, 7) is 4.68. The SMILES string of the molecule is CCS(=O)(=O)CCNC(=NC)NC1CCN(Cc2cc(OC)cc(OC)c2)C1. The highest BCUT2D eigenvalue weighted by molar-refractivity contribution is 7.91. The number of aliphatic imine (C=N–C) groups is 1. The van der Waals surface area contributed by atoms with Gasteiger partial charge in [-0.25, -0.2) is 8.42 Å². The zero-order chi connectivity index (χ0) is 20.6. The van der Waals surface area contributed by atoms with Crippen LogP contribution in [0.5, 0.6) is 11.5 Å². The topological polar surface area (TPSA) is 92.3 Å². The van der Waals surface area contributed by atoms with Crippen LogP contribution in [0.3, 0.4) is 0 Å². The predicted molar refractivity (Wildman–Crippen MR) is 112 cm³/mol. The Balaban J connectivity index is 1.84. The summed E-state index contributed by atoms with van der Waals surface area (Å²) >= 11 is 0. The van der Waals surface area contributed by atoms with Gasteiger partial charge in [0, 0.05) is 51.1 Å². The Morgan fingerprint density at radius 1 is 1.25 bits per heavy atom. The van der Waals surface area contributed by atoms with Gasteiger partial charge in [0.1, 0.15) is 11.5 Å². The summed E-state index contributed by atoms with van der Waals surface area (Å²) in [6.07, 6.45) is 0.995. The molecule has 0 bridgehead atoms. The normalized spacial score (nSPS) is 18.1. The Bertz CT molecular complexity index is 745. The molecule has 0 saturated carbocycles. The highest BCUT2D eigenvalue weighted by Crippen LogP contribution is 2.24. The molecular formula is C19H32N4O4S. The lowest BCUT2D eigenvalue weighted by Gasteiger charge is -2.19. The fourth-order valence-electron chi connectivity index (χ4n) is 3.17. The van der Waals surface area contributed by atoms with E-state index in [1.165, 1.54) is 0 Å². The van der Waals surface area contributed by atoms with Crippen molar-refractivity contribution < 1.29 is 17.9 Å². The van der Waals surface area contributed by atoms with Crippen LogP contribution in [-0.4, -0.2) is 77.7 Å². The smallest absolute Gasteiger partial charge is 0.191 e. The van der Waals surface area contributed by atoms with Crippen molar-refractivity contribution in [3.05, 3.63) is 23.8 Å².